The Labute approximate surface area is 91.4 Å². The van der Waals surface area contributed by atoms with Crippen molar-refractivity contribution in [2.45, 2.75) is 38.9 Å². The monoisotopic (exact) mass is 208 g/mol. The van der Waals surface area contributed by atoms with Crippen LogP contribution in [-0.2, 0) is 13.1 Å². The van der Waals surface area contributed by atoms with E-state index in [1.54, 1.807) is 0 Å². The molecule has 1 aromatic heterocycles. The summed E-state index contributed by atoms with van der Waals surface area (Å²) in [5, 5.41) is 3.46. The predicted octanol–water partition coefficient (Wildman–Crippen LogP) is 1.90. The van der Waals surface area contributed by atoms with E-state index in [-0.39, 0.29) is 0 Å². The average molecular weight is 208 g/mol. The summed E-state index contributed by atoms with van der Waals surface area (Å²) >= 11 is 0. The van der Waals surface area contributed by atoms with Crippen molar-refractivity contribution in [3.05, 3.63) is 23.2 Å². The molecule has 1 aliphatic carbocycles. The van der Waals surface area contributed by atoms with E-state index in [9.17, 15) is 0 Å². The fraction of sp³-hybridized carbons (Fsp3) is 0.667. The molecule has 15 heavy (non-hydrogen) atoms. The molecule has 3 nitrogen and oxygen atoms in total. The summed E-state index contributed by atoms with van der Waals surface area (Å²) in [7, 11) is 4.16. The van der Waals surface area contributed by atoms with Crippen LogP contribution in [0, 0.1) is 6.92 Å². The smallest absolute Gasteiger partial charge is 0.118 e. The van der Waals surface area contributed by atoms with Gasteiger partial charge >= 0.3 is 0 Å². The Balaban J connectivity index is 1.93. The van der Waals surface area contributed by atoms with E-state index in [0.29, 0.717) is 0 Å². The minimum Gasteiger partial charge on any atom is -0.465 e. The van der Waals surface area contributed by atoms with E-state index in [0.717, 1.165) is 30.7 Å². The fourth-order valence-electron chi connectivity index (χ4n) is 1.70. The highest BCUT2D eigenvalue weighted by Crippen LogP contribution is 2.21. The van der Waals surface area contributed by atoms with Crippen molar-refractivity contribution in [2.75, 3.05) is 14.1 Å². The van der Waals surface area contributed by atoms with Gasteiger partial charge in [-0.25, -0.2) is 0 Å². The van der Waals surface area contributed by atoms with Gasteiger partial charge in [-0.05, 0) is 39.9 Å². The zero-order valence-electron chi connectivity index (χ0n) is 9.84. The first-order valence-corrected chi connectivity index (χ1v) is 5.61. The molecule has 1 aliphatic rings. The first kappa shape index (κ1) is 10.7. The van der Waals surface area contributed by atoms with Crippen LogP contribution < -0.4 is 5.32 Å². The van der Waals surface area contributed by atoms with Crippen molar-refractivity contribution >= 4 is 0 Å². The van der Waals surface area contributed by atoms with Crippen molar-refractivity contribution in [3.8, 4) is 0 Å². The Hall–Kier alpha value is -0.800. The quantitative estimate of drug-likeness (QED) is 0.801. The molecule has 84 valence electrons. The van der Waals surface area contributed by atoms with Gasteiger partial charge in [0.15, 0.2) is 0 Å². The molecule has 0 atom stereocenters. The summed E-state index contributed by atoms with van der Waals surface area (Å²) < 4.78 is 5.70. The molecule has 1 saturated carbocycles. The summed E-state index contributed by atoms with van der Waals surface area (Å²) in [6.45, 7) is 3.87. The summed E-state index contributed by atoms with van der Waals surface area (Å²) in [6.07, 6.45) is 2.65. The predicted molar refractivity (Wildman–Crippen MR) is 60.7 cm³/mol. The van der Waals surface area contributed by atoms with Crippen LogP contribution in [0.2, 0.25) is 0 Å². The van der Waals surface area contributed by atoms with Crippen molar-refractivity contribution in [2.24, 2.45) is 0 Å². The van der Waals surface area contributed by atoms with Crippen LogP contribution in [0.3, 0.4) is 0 Å². The van der Waals surface area contributed by atoms with Gasteiger partial charge in [-0.2, -0.15) is 0 Å². The first-order chi connectivity index (χ1) is 7.15. The Morgan fingerprint density at radius 3 is 2.80 bits per heavy atom. The average Bonchev–Trinajstić information content (AvgIpc) is 2.90. The number of hydrogen-bond donors (Lipinski definition) is 1. The Morgan fingerprint density at radius 2 is 2.20 bits per heavy atom. The number of furan rings is 1. The summed E-state index contributed by atoms with van der Waals surface area (Å²) in [4.78, 5) is 2.16. The Morgan fingerprint density at radius 1 is 1.47 bits per heavy atom. The molecule has 0 saturated heterocycles. The molecule has 0 amide bonds. The number of aryl methyl sites for hydroxylation is 1. The minimum atomic E-state index is 0.743. The third-order valence-corrected chi connectivity index (χ3v) is 2.70. The minimum absolute atomic E-state index is 0.743. The number of nitrogens with zero attached hydrogens (tertiary/aromatic N) is 1. The van der Waals surface area contributed by atoms with Gasteiger partial charge in [-0.15, -0.1) is 0 Å². The van der Waals surface area contributed by atoms with Gasteiger partial charge in [0.25, 0.3) is 0 Å². The molecule has 0 aliphatic heterocycles. The zero-order chi connectivity index (χ0) is 10.8. The second-order valence-electron chi connectivity index (χ2n) is 4.69. The lowest BCUT2D eigenvalue weighted by molar-refractivity contribution is 0.394. The molecule has 1 fully saturated rings. The van der Waals surface area contributed by atoms with E-state index in [2.05, 4.69) is 30.4 Å². The van der Waals surface area contributed by atoms with Gasteiger partial charge in [-0.3, -0.25) is 0 Å². The van der Waals surface area contributed by atoms with Crippen molar-refractivity contribution in [1.29, 1.82) is 0 Å². The highest BCUT2D eigenvalue weighted by molar-refractivity contribution is 5.20. The van der Waals surface area contributed by atoms with Crippen LogP contribution in [0.15, 0.2) is 10.5 Å². The topological polar surface area (TPSA) is 28.4 Å². The summed E-state index contributed by atoms with van der Waals surface area (Å²) in [6, 6.07) is 2.91. The molecule has 0 aromatic carbocycles. The number of rotatable bonds is 5. The molecular weight excluding hydrogens is 188 g/mol. The van der Waals surface area contributed by atoms with Crippen molar-refractivity contribution in [3.63, 3.8) is 0 Å². The molecule has 2 rings (SSSR count). The van der Waals surface area contributed by atoms with Gasteiger partial charge in [0.2, 0.25) is 0 Å². The molecule has 1 aromatic rings. The Bertz CT molecular complexity index is 326. The van der Waals surface area contributed by atoms with E-state index in [1.165, 1.54) is 18.4 Å². The molecule has 1 heterocycles. The van der Waals surface area contributed by atoms with E-state index in [1.807, 2.05) is 6.92 Å². The largest absolute Gasteiger partial charge is 0.465 e. The van der Waals surface area contributed by atoms with Crippen LogP contribution in [0.25, 0.3) is 0 Å². The third-order valence-electron chi connectivity index (χ3n) is 2.70. The molecule has 0 radical (unpaired) electrons. The lowest BCUT2D eigenvalue weighted by Crippen LogP contribution is -2.14. The van der Waals surface area contributed by atoms with Gasteiger partial charge in [0, 0.05) is 18.2 Å². The maximum Gasteiger partial charge on any atom is 0.118 e. The van der Waals surface area contributed by atoms with Crippen LogP contribution in [0.5, 0.6) is 0 Å². The highest BCUT2D eigenvalue weighted by Gasteiger charge is 2.20. The van der Waals surface area contributed by atoms with Gasteiger partial charge < -0.3 is 14.6 Å². The summed E-state index contributed by atoms with van der Waals surface area (Å²) in [5.41, 5.74) is 1.30. The van der Waals surface area contributed by atoms with Crippen LogP contribution in [-0.4, -0.2) is 25.0 Å². The molecule has 0 spiro atoms. The highest BCUT2D eigenvalue weighted by atomic mass is 16.3. The Kier molecular flexibility index (Phi) is 3.12. The summed E-state index contributed by atoms with van der Waals surface area (Å²) in [5.74, 6) is 2.12. The maximum atomic E-state index is 5.70. The SMILES string of the molecule is Cc1oc(CNC2CC2)cc1CN(C)C. The third kappa shape index (κ3) is 3.08. The second kappa shape index (κ2) is 4.37. The van der Waals surface area contributed by atoms with Gasteiger partial charge in [0.05, 0.1) is 6.54 Å². The number of nitrogens with one attached hydrogen (secondary N) is 1. The van der Waals surface area contributed by atoms with Crippen LogP contribution >= 0.6 is 0 Å². The lowest BCUT2D eigenvalue weighted by atomic mass is 10.2. The normalized spacial score (nSPS) is 16.3. The van der Waals surface area contributed by atoms with Crippen LogP contribution in [0.1, 0.15) is 29.9 Å². The molecule has 0 bridgehead atoms. The first-order valence-electron chi connectivity index (χ1n) is 5.61. The number of hydrogen-bond acceptors (Lipinski definition) is 3. The van der Waals surface area contributed by atoms with Crippen molar-refractivity contribution in [1.82, 2.24) is 10.2 Å². The fourth-order valence-corrected chi connectivity index (χ4v) is 1.70. The lowest BCUT2D eigenvalue weighted by Gasteiger charge is -2.07. The second-order valence-corrected chi connectivity index (χ2v) is 4.69. The maximum absolute atomic E-state index is 5.70. The molecular formula is C12H20N2O. The molecule has 3 heteroatoms. The van der Waals surface area contributed by atoms with Crippen LogP contribution in [0.4, 0.5) is 0 Å². The zero-order valence-corrected chi connectivity index (χ0v) is 9.84. The van der Waals surface area contributed by atoms with E-state index < -0.39 is 0 Å². The van der Waals surface area contributed by atoms with E-state index in [4.69, 9.17) is 4.42 Å². The van der Waals surface area contributed by atoms with Crippen molar-refractivity contribution < 1.29 is 4.42 Å². The standard InChI is InChI=1S/C12H20N2O/c1-9-10(8-14(2)3)6-12(15-9)7-13-11-4-5-11/h6,11,13H,4-5,7-8H2,1-3H3. The van der Waals surface area contributed by atoms with E-state index >= 15 is 0 Å². The molecule has 0 unspecified atom stereocenters. The molecule has 1 N–H and O–H groups in total. The van der Waals surface area contributed by atoms with Gasteiger partial charge in [0.1, 0.15) is 11.5 Å². The van der Waals surface area contributed by atoms with Gasteiger partial charge in [-0.1, -0.05) is 0 Å².